The van der Waals surface area contributed by atoms with E-state index in [1.54, 1.807) is 42.5 Å². The first-order valence-electron chi connectivity index (χ1n) is 7.86. The van der Waals surface area contributed by atoms with Crippen LogP contribution in [0.3, 0.4) is 0 Å². The van der Waals surface area contributed by atoms with Crippen LogP contribution in [-0.4, -0.2) is 17.0 Å². The number of rotatable bonds is 4. The molecule has 3 rings (SSSR count). The summed E-state index contributed by atoms with van der Waals surface area (Å²) in [6, 6.07) is 21.2. The van der Waals surface area contributed by atoms with E-state index in [0.717, 1.165) is 11.3 Å². The number of carboxylic acid groups (broad SMARTS) is 1. The lowest BCUT2D eigenvalue weighted by molar-refractivity contribution is 0.0697. The van der Waals surface area contributed by atoms with E-state index < -0.39 is 5.97 Å². The molecule has 0 atom stereocenters. The molecule has 3 aromatic rings. The maximum atomic E-state index is 12.8. The van der Waals surface area contributed by atoms with Gasteiger partial charge in [-0.3, -0.25) is 4.79 Å². The van der Waals surface area contributed by atoms with Gasteiger partial charge in [-0.05, 0) is 41.8 Å². The van der Waals surface area contributed by atoms with Gasteiger partial charge in [0, 0.05) is 11.3 Å². The van der Waals surface area contributed by atoms with Crippen molar-refractivity contribution in [1.29, 1.82) is 0 Å². The highest BCUT2D eigenvalue weighted by Crippen LogP contribution is 2.28. The SMILES string of the molecule is Cc1ccccc1NC(=O)c1ccccc1-c1ccccc1C(=O)O. The van der Waals surface area contributed by atoms with Crippen LogP contribution in [0.2, 0.25) is 0 Å². The maximum absolute atomic E-state index is 12.8. The number of aryl methyl sites for hydroxylation is 1. The zero-order valence-electron chi connectivity index (χ0n) is 13.7. The average molecular weight is 331 g/mol. The lowest BCUT2D eigenvalue weighted by atomic mass is 9.95. The van der Waals surface area contributed by atoms with Gasteiger partial charge >= 0.3 is 5.97 Å². The Morgan fingerprint density at radius 3 is 1.92 bits per heavy atom. The molecule has 0 spiro atoms. The van der Waals surface area contributed by atoms with E-state index in [1.807, 2.05) is 31.2 Å². The van der Waals surface area contributed by atoms with Crippen LogP contribution < -0.4 is 5.32 Å². The smallest absolute Gasteiger partial charge is 0.336 e. The molecule has 0 aromatic heterocycles. The second-order valence-corrected chi connectivity index (χ2v) is 5.67. The molecule has 0 bridgehead atoms. The molecule has 4 nitrogen and oxygen atoms in total. The Morgan fingerprint density at radius 1 is 0.760 bits per heavy atom. The summed E-state index contributed by atoms with van der Waals surface area (Å²) >= 11 is 0. The third-order valence-electron chi connectivity index (χ3n) is 4.01. The van der Waals surface area contributed by atoms with Crippen LogP contribution in [0.1, 0.15) is 26.3 Å². The van der Waals surface area contributed by atoms with Crippen LogP contribution >= 0.6 is 0 Å². The van der Waals surface area contributed by atoms with Crippen molar-refractivity contribution in [1.82, 2.24) is 0 Å². The number of benzene rings is 3. The quantitative estimate of drug-likeness (QED) is 0.733. The molecule has 0 aliphatic carbocycles. The predicted molar refractivity (Wildman–Crippen MR) is 98.0 cm³/mol. The van der Waals surface area contributed by atoms with Crippen molar-refractivity contribution in [3.8, 4) is 11.1 Å². The number of nitrogens with one attached hydrogen (secondary N) is 1. The summed E-state index contributed by atoms with van der Waals surface area (Å²) in [7, 11) is 0. The Hall–Kier alpha value is -3.40. The molecule has 0 heterocycles. The minimum atomic E-state index is -1.02. The Bertz CT molecular complexity index is 947. The van der Waals surface area contributed by atoms with Crippen LogP contribution in [0.4, 0.5) is 5.69 Å². The van der Waals surface area contributed by atoms with E-state index in [0.29, 0.717) is 16.7 Å². The molecular weight excluding hydrogens is 314 g/mol. The minimum Gasteiger partial charge on any atom is -0.478 e. The van der Waals surface area contributed by atoms with E-state index in [4.69, 9.17) is 0 Å². The van der Waals surface area contributed by atoms with Gasteiger partial charge in [0.05, 0.1) is 5.56 Å². The second kappa shape index (κ2) is 7.01. The van der Waals surface area contributed by atoms with Crippen molar-refractivity contribution < 1.29 is 14.7 Å². The third kappa shape index (κ3) is 3.43. The summed E-state index contributed by atoms with van der Waals surface area (Å²) < 4.78 is 0. The van der Waals surface area contributed by atoms with Gasteiger partial charge in [0.1, 0.15) is 0 Å². The van der Waals surface area contributed by atoms with Crippen molar-refractivity contribution in [2.45, 2.75) is 6.92 Å². The van der Waals surface area contributed by atoms with Gasteiger partial charge in [-0.2, -0.15) is 0 Å². The molecule has 4 heteroatoms. The fourth-order valence-corrected chi connectivity index (χ4v) is 2.72. The van der Waals surface area contributed by atoms with Gasteiger partial charge in [-0.15, -0.1) is 0 Å². The molecule has 1 amide bonds. The number of hydrogen-bond acceptors (Lipinski definition) is 2. The number of para-hydroxylation sites is 1. The molecule has 2 N–H and O–H groups in total. The van der Waals surface area contributed by atoms with Crippen LogP contribution in [0, 0.1) is 6.92 Å². The van der Waals surface area contributed by atoms with Crippen molar-refractivity contribution >= 4 is 17.6 Å². The van der Waals surface area contributed by atoms with Crippen LogP contribution in [0.15, 0.2) is 72.8 Å². The van der Waals surface area contributed by atoms with E-state index in [2.05, 4.69) is 5.32 Å². The topological polar surface area (TPSA) is 66.4 Å². The van der Waals surface area contributed by atoms with Crippen molar-refractivity contribution in [2.75, 3.05) is 5.32 Å². The summed E-state index contributed by atoms with van der Waals surface area (Å²) in [4.78, 5) is 24.3. The van der Waals surface area contributed by atoms with Crippen LogP contribution in [0.25, 0.3) is 11.1 Å². The maximum Gasteiger partial charge on any atom is 0.336 e. The van der Waals surface area contributed by atoms with Gasteiger partial charge in [0.2, 0.25) is 0 Å². The normalized spacial score (nSPS) is 10.3. The van der Waals surface area contributed by atoms with E-state index >= 15 is 0 Å². The summed E-state index contributed by atoms with van der Waals surface area (Å²) in [5, 5.41) is 12.3. The highest BCUT2D eigenvalue weighted by molar-refractivity contribution is 6.10. The lowest BCUT2D eigenvalue weighted by Crippen LogP contribution is -2.14. The molecule has 124 valence electrons. The Balaban J connectivity index is 2.04. The molecule has 0 saturated carbocycles. The molecule has 25 heavy (non-hydrogen) atoms. The Morgan fingerprint density at radius 2 is 1.28 bits per heavy atom. The van der Waals surface area contributed by atoms with Crippen molar-refractivity contribution in [3.63, 3.8) is 0 Å². The largest absolute Gasteiger partial charge is 0.478 e. The van der Waals surface area contributed by atoms with Gasteiger partial charge < -0.3 is 10.4 Å². The fourth-order valence-electron chi connectivity index (χ4n) is 2.72. The zero-order chi connectivity index (χ0) is 17.8. The highest BCUT2D eigenvalue weighted by atomic mass is 16.4. The van der Waals surface area contributed by atoms with E-state index in [-0.39, 0.29) is 11.5 Å². The Kier molecular flexibility index (Phi) is 4.61. The highest BCUT2D eigenvalue weighted by Gasteiger charge is 2.17. The number of aromatic carboxylic acids is 1. The summed E-state index contributed by atoms with van der Waals surface area (Å²) in [5.41, 5.74) is 3.39. The van der Waals surface area contributed by atoms with Crippen molar-refractivity contribution in [3.05, 3.63) is 89.5 Å². The molecule has 0 radical (unpaired) electrons. The van der Waals surface area contributed by atoms with Crippen LogP contribution in [-0.2, 0) is 0 Å². The van der Waals surface area contributed by atoms with Gasteiger partial charge in [-0.25, -0.2) is 4.79 Å². The van der Waals surface area contributed by atoms with Gasteiger partial charge in [0.25, 0.3) is 5.91 Å². The van der Waals surface area contributed by atoms with Crippen LogP contribution in [0.5, 0.6) is 0 Å². The molecule has 3 aromatic carbocycles. The number of amides is 1. The number of anilines is 1. The molecule has 0 aliphatic rings. The lowest BCUT2D eigenvalue weighted by Gasteiger charge is -2.13. The predicted octanol–water partition coefficient (Wildman–Crippen LogP) is 4.61. The van der Waals surface area contributed by atoms with Crippen molar-refractivity contribution in [2.24, 2.45) is 0 Å². The molecule has 0 saturated heterocycles. The number of carboxylic acids is 1. The average Bonchev–Trinajstić information content (AvgIpc) is 2.63. The van der Waals surface area contributed by atoms with Gasteiger partial charge in [0.15, 0.2) is 0 Å². The van der Waals surface area contributed by atoms with E-state index in [1.165, 1.54) is 6.07 Å². The number of carbonyl (C=O) groups excluding carboxylic acids is 1. The number of carbonyl (C=O) groups is 2. The minimum absolute atomic E-state index is 0.165. The monoisotopic (exact) mass is 331 g/mol. The summed E-state index contributed by atoms with van der Waals surface area (Å²) in [6.07, 6.45) is 0. The first kappa shape index (κ1) is 16.5. The zero-order valence-corrected chi connectivity index (χ0v) is 13.7. The number of hydrogen-bond donors (Lipinski definition) is 2. The third-order valence-corrected chi connectivity index (χ3v) is 4.01. The second-order valence-electron chi connectivity index (χ2n) is 5.67. The Labute approximate surface area is 145 Å². The molecule has 0 fully saturated rings. The van der Waals surface area contributed by atoms with E-state index in [9.17, 15) is 14.7 Å². The van der Waals surface area contributed by atoms with Gasteiger partial charge in [-0.1, -0.05) is 54.6 Å². The summed E-state index contributed by atoms with van der Waals surface area (Å²) in [5.74, 6) is -1.30. The molecule has 0 unspecified atom stereocenters. The fraction of sp³-hybridized carbons (Fsp3) is 0.0476. The summed E-state index contributed by atoms with van der Waals surface area (Å²) in [6.45, 7) is 1.92. The molecular formula is C21H17NO3. The first-order valence-corrected chi connectivity index (χ1v) is 7.86. The first-order chi connectivity index (χ1) is 12.1. The molecule has 0 aliphatic heterocycles. The standard InChI is InChI=1S/C21H17NO3/c1-14-8-2-7-13-19(14)22-20(23)17-11-5-3-9-15(17)16-10-4-6-12-18(16)21(24)25/h2-13H,1H3,(H,22,23)(H,24,25).